The van der Waals surface area contributed by atoms with Crippen LogP contribution in [0.4, 0.5) is 0 Å². The average Bonchev–Trinajstić information content (AvgIpc) is 2.88. The van der Waals surface area contributed by atoms with E-state index in [-0.39, 0.29) is 11.9 Å². The number of aromatic nitrogens is 1. The molecule has 0 aromatic carbocycles. The van der Waals surface area contributed by atoms with E-state index in [9.17, 15) is 9.59 Å². The lowest BCUT2D eigenvalue weighted by Crippen LogP contribution is -2.15. The van der Waals surface area contributed by atoms with Gasteiger partial charge in [0.05, 0.1) is 17.2 Å². The predicted octanol–water partition coefficient (Wildman–Crippen LogP) is 1.67. The van der Waals surface area contributed by atoms with Gasteiger partial charge in [0, 0.05) is 30.8 Å². The van der Waals surface area contributed by atoms with Crippen LogP contribution in [-0.2, 0) is 9.53 Å². The lowest BCUT2D eigenvalue weighted by atomic mass is 10.2. The van der Waals surface area contributed by atoms with E-state index in [1.807, 2.05) is 17.7 Å². The second-order valence-electron chi connectivity index (χ2n) is 4.12. The Labute approximate surface area is 116 Å². The highest BCUT2D eigenvalue weighted by atomic mass is 32.2. The van der Waals surface area contributed by atoms with Gasteiger partial charge in [-0.15, -0.1) is 11.8 Å². The Balaban J connectivity index is 2.39. The van der Waals surface area contributed by atoms with Gasteiger partial charge in [-0.2, -0.15) is 0 Å². The quantitative estimate of drug-likeness (QED) is 0.676. The maximum atomic E-state index is 11.9. The third kappa shape index (κ3) is 2.53. The molecule has 19 heavy (non-hydrogen) atoms. The van der Waals surface area contributed by atoms with E-state index in [1.54, 1.807) is 31.8 Å². The van der Waals surface area contributed by atoms with Gasteiger partial charge < -0.3 is 14.6 Å². The third-order valence-corrected chi connectivity index (χ3v) is 3.95. The fraction of sp³-hybridized carbons (Fsp3) is 0.385. The van der Waals surface area contributed by atoms with E-state index in [1.165, 1.54) is 0 Å². The smallest absolute Gasteiger partial charge is 0.341 e. The number of hydrogen-bond donors (Lipinski definition) is 1. The molecular weight excluding hydrogens is 264 g/mol. The van der Waals surface area contributed by atoms with Crippen LogP contribution in [0.3, 0.4) is 0 Å². The molecule has 0 fully saturated rings. The molecular formula is C13H16N2O3S. The third-order valence-electron chi connectivity index (χ3n) is 2.84. The van der Waals surface area contributed by atoms with Crippen molar-refractivity contribution in [3.8, 4) is 0 Å². The number of carbonyl (C=O) groups excluding carboxylic acids is 2. The Morgan fingerprint density at radius 3 is 2.95 bits per heavy atom. The SMILES string of the molecule is CCOC(=O)c1c(C)cn2c1SCC2=CC(=O)NC. The van der Waals surface area contributed by atoms with Crippen LogP contribution in [-0.4, -0.2) is 35.9 Å². The van der Waals surface area contributed by atoms with Crippen molar-refractivity contribution in [2.45, 2.75) is 18.9 Å². The van der Waals surface area contributed by atoms with Gasteiger partial charge in [0.1, 0.15) is 0 Å². The largest absolute Gasteiger partial charge is 0.462 e. The Kier molecular flexibility index (Phi) is 3.99. The fourth-order valence-electron chi connectivity index (χ4n) is 1.96. The number of aryl methyl sites for hydroxylation is 1. The van der Waals surface area contributed by atoms with Crippen molar-refractivity contribution < 1.29 is 14.3 Å². The minimum Gasteiger partial charge on any atom is -0.462 e. The second-order valence-corrected chi connectivity index (χ2v) is 5.09. The van der Waals surface area contributed by atoms with Crippen molar-refractivity contribution in [1.82, 2.24) is 9.88 Å². The molecule has 0 saturated heterocycles. The minimum absolute atomic E-state index is 0.146. The predicted molar refractivity (Wildman–Crippen MR) is 74.2 cm³/mol. The average molecular weight is 280 g/mol. The topological polar surface area (TPSA) is 60.3 Å². The van der Waals surface area contributed by atoms with Crippen LogP contribution in [0.5, 0.6) is 0 Å². The number of fused-ring (bicyclic) bond motifs is 1. The summed E-state index contributed by atoms with van der Waals surface area (Å²) in [4.78, 5) is 23.3. The van der Waals surface area contributed by atoms with Crippen LogP contribution in [0.25, 0.3) is 5.70 Å². The molecule has 0 spiro atoms. The highest BCUT2D eigenvalue weighted by Gasteiger charge is 2.27. The summed E-state index contributed by atoms with van der Waals surface area (Å²) in [5.41, 5.74) is 2.34. The molecule has 1 aromatic rings. The maximum Gasteiger partial charge on any atom is 0.341 e. The number of thioether (sulfide) groups is 1. The van der Waals surface area contributed by atoms with Crippen molar-refractivity contribution in [1.29, 1.82) is 0 Å². The second kappa shape index (κ2) is 5.52. The molecule has 1 aliphatic rings. The molecule has 1 amide bonds. The Bertz CT molecular complexity index is 560. The summed E-state index contributed by atoms with van der Waals surface area (Å²) in [6.45, 7) is 4.01. The number of carbonyl (C=O) groups is 2. The molecule has 2 heterocycles. The van der Waals surface area contributed by atoms with Crippen LogP contribution in [0, 0.1) is 6.92 Å². The molecule has 0 aliphatic carbocycles. The Morgan fingerprint density at radius 2 is 2.32 bits per heavy atom. The van der Waals surface area contributed by atoms with Crippen LogP contribution in [0.2, 0.25) is 0 Å². The molecule has 6 heteroatoms. The number of hydrogen-bond acceptors (Lipinski definition) is 4. The van der Waals surface area contributed by atoms with E-state index in [0.29, 0.717) is 17.9 Å². The summed E-state index contributed by atoms with van der Waals surface area (Å²) in [6.07, 6.45) is 3.42. The van der Waals surface area contributed by atoms with Crippen molar-refractivity contribution in [3.63, 3.8) is 0 Å². The molecule has 1 aromatic heterocycles. The van der Waals surface area contributed by atoms with Gasteiger partial charge in [-0.3, -0.25) is 4.79 Å². The van der Waals surface area contributed by atoms with Gasteiger partial charge >= 0.3 is 5.97 Å². The standard InChI is InChI=1S/C13H16N2O3S/c1-4-18-13(17)11-8(2)6-15-9(5-10(16)14-3)7-19-12(11)15/h5-6H,4,7H2,1-3H3,(H,14,16). The van der Waals surface area contributed by atoms with E-state index in [0.717, 1.165) is 16.3 Å². The van der Waals surface area contributed by atoms with Gasteiger partial charge in [0.25, 0.3) is 0 Å². The van der Waals surface area contributed by atoms with Crippen LogP contribution in [0.1, 0.15) is 22.8 Å². The van der Waals surface area contributed by atoms with Crippen molar-refractivity contribution in [2.75, 3.05) is 19.4 Å². The van der Waals surface area contributed by atoms with Crippen LogP contribution >= 0.6 is 11.8 Å². The zero-order valence-corrected chi connectivity index (χ0v) is 12.0. The number of likely N-dealkylation sites (N-methyl/N-ethyl adjacent to an activating group) is 1. The van der Waals surface area contributed by atoms with Gasteiger partial charge in [-0.25, -0.2) is 4.79 Å². The number of rotatable bonds is 3. The minimum atomic E-state index is -0.303. The number of nitrogens with zero attached hydrogens (tertiary/aromatic N) is 1. The normalized spacial score (nSPS) is 15.4. The monoisotopic (exact) mass is 280 g/mol. The summed E-state index contributed by atoms with van der Waals surface area (Å²) >= 11 is 1.54. The first-order chi connectivity index (χ1) is 9.08. The van der Waals surface area contributed by atoms with Gasteiger partial charge in [-0.1, -0.05) is 0 Å². The van der Waals surface area contributed by atoms with E-state index in [4.69, 9.17) is 4.74 Å². The molecule has 0 radical (unpaired) electrons. The molecule has 1 aliphatic heterocycles. The van der Waals surface area contributed by atoms with Gasteiger partial charge in [0.15, 0.2) is 0 Å². The Morgan fingerprint density at radius 1 is 1.58 bits per heavy atom. The van der Waals surface area contributed by atoms with Crippen LogP contribution < -0.4 is 5.32 Å². The molecule has 5 nitrogen and oxygen atoms in total. The molecule has 0 unspecified atom stereocenters. The zero-order chi connectivity index (χ0) is 14.0. The lowest BCUT2D eigenvalue weighted by Gasteiger charge is -2.02. The first kappa shape index (κ1) is 13.7. The first-order valence-electron chi connectivity index (χ1n) is 6.03. The molecule has 1 N–H and O–H groups in total. The maximum absolute atomic E-state index is 11.9. The number of amides is 1. The summed E-state index contributed by atoms with van der Waals surface area (Å²) < 4.78 is 6.96. The van der Waals surface area contributed by atoms with Gasteiger partial charge in [-0.05, 0) is 19.4 Å². The van der Waals surface area contributed by atoms with Crippen molar-refractivity contribution in [2.24, 2.45) is 0 Å². The zero-order valence-electron chi connectivity index (χ0n) is 11.1. The number of nitrogens with one attached hydrogen (secondary N) is 1. The van der Waals surface area contributed by atoms with Gasteiger partial charge in [0.2, 0.25) is 5.91 Å². The molecule has 0 bridgehead atoms. The molecule has 2 rings (SSSR count). The van der Waals surface area contributed by atoms with E-state index in [2.05, 4.69) is 5.32 Å². The van der Waals surface area contributed by atoms with Crippen LogP contribution in [0.15, 0.2) is 17.3 Å². The van der Waals surface area contributed by atoms with Crippen molar-refractivity contribution >= 4 is 29.3 Å². The molecule has 0 atom stereocenters. The van der Waals surface area contributed by atoms with E-state index < -0.39 is 0 Å². The fourth-order valence-corrected chi connectivity index (χ4v) is 3.16. The summed E-state index contributed by atoms with van der Waals surface area (Å²) in [7, 11) is 1.59. The highest BCUT2D eigenvalue weighted by molar-refractivity contribution is 8.00. The summed E-state index contributed by atoms with van der Waals surface area (Å²) in [6, 6.07) is 0. The Hall–Kier alpha value is -1.69. The van der Waals surface area contributed by atoms with E-state index >= 15 is 0 Å². The first-order valence-corrected chi connectivity index (χ1v) is 7.01. The molecule has 102 valence electrons. The summed E-state index contributed by atoms with van der Waals surface area (Å²) in [5.74, 6) is 0.227. The molecule has 0 saturated carbocycles. The lowest BCUT2D eigenvalue weighted by molar-refractivity contribution is -0.116. The van der Waals surface area contributed by atoms with Crippen molar-refractivity contribution in [3.05, 3.63) is 23.4 Å². The number of esters is 1. The highest BCUT2D eigenvalue weighted by Crippen LogP contribution is 2.38. The summed E-state index contributed by atoms with van der Waals surface area (Å²) in [5, 5.41) is 3.41. The number of ether oxygens (including phenoxy) is 1.